The van der Waals surface area contributed by atoms with Crippen molar-refractivity contribution in [3.63, 3.8) is 0 Å². The SMILES string of the molecule is CN(C)C(=N)Cc1ccc(F)cc1F. The van der Waals surface area contributed by atoms with Crippen LogP contribution in [0.5, 0.6) is 0 Å². The molecule has 0 fully saturated rings. The van der Waals surface area contributed by atoms with Gasteiger partial charge in [0, 0.05) is 26.6 Å². The third-order valence-corrected chi connectivity index (χ3v) is 1.91. The van der Waals surface area contributed by atoms with Crippen LogP contribution in [0, 0.1) is 17.0 Å². The van der Waals surface area contributed by atoms with Gasteiger partial charge in [0.1, 0.15) is 11.6 Å². The number of hydrogen-bond acceptors (Lipinski definition) is 1. The molecule has 0 aliphatic heterocycles. The molecule has 1 aromatic rings. The van der Waals surface area contributed by atoms with Gasteiger partial charge in [-0.05, 0) is 11.6 Å². The van der Waals surface area contributed by atoms with Gasteiger partial charge in [-0.1, -0.05) is 6.07 Å². The van der Waals surface area contributed by atoms with Crippen LogP contribution < -0.4 is 0 Å². The van der Waals surface area contributed by atoms with Gasteiger partial charge in [0.2, 0.25) is 0 Å². The Morgan fingerprint density at radius 3 is 2.50 bits per heavy atom. The van der Waals surface area contributed by atoms with Crippen LogP contribution in [0.15, 0.2) is 18.2 Å². The zero-order valence-corrected chi connectivity index (χ0v) is 8.14. The summed E-state index contributed by atoms with van der Waals surface area (Å²) in [5, 5.41) is 7.50. The zero-order valence-electron chi connectivity index (χ0n) is 8.14. The molecule has 1 N–H and O–H groups in total. The highest BCUT2D eigenvalue weighted by Gasteiger charge is 2.07. The maximum absolute atomic E-state index is 13.1. The van der Waals surface area contributed by atoms with Gasteiger partial charge in [-0.2, -0.15) is 0 Å². The Bertz CT molecular complexity index is 348. The van der Waals surface area contributed by atoms with Gasteiger partial charge in [-0.25, -0.2) is 8.78 Å². The van der Waals surface area contributed by atoms with Crippen molar-refractivity contribution in [2.24, 2.45) is 0 Å². The largest absolute Gasteiger partial charge is 0.366 e. The standard InChI is InChI=1S/C10H12F2N2/c1-14(2)10(13)5-7-3-4-8(11)6-9(7)12/h3-4,6,13H,5H2,1-2H3. The van der Waals surface area contributed by atoms with Gasteiger partial charge in [0.25, 0.3) is 0 Å². The highest BCUT2D eigenvalue weighted by Crippen LogP contribution is 2.10. The minimum absolute atomic E-state index is 0.180. The van der Waals surface area contributed by atoms with E-state index >= 15 is 0 Å². The molecule has 0 aromatic heterocycles. The monoisotopic (exact) mass is 198 g/mol. The summed E-state index contributed by atoms with van der Waals surface area (Å²) >= 11 is 0. The molecule has 14 heavy (non-hydrogen) atoms. The van der Waals surface area contributed by atoms with E-state index in [1.54, 1.807) is 19.0 Å². The number of rotatable bonds is 2. The Kier molecular flexibility index (Phi) is 3.17. The second-order valence-electron chi connectivity index (χ2n) is 3.25. The van der Waals surface area contributed by atoms with Crippen LogP contribution in [0.4, 0.5) is 8.78 Å². The lowest BCUT2D eigenvalue weighted by molar-refractivity contribution is 0.568. The lowest BCUT2D eigenvalue weighted by atomic mass is 10.1. The molecule has 0 radical (unpaired) electrons. The first-order valence-electron chi connectivity index (χ1n) is 4.19. The van der Waals surface area contributed by atoms with Crippen molar-refractivity contribution in [2.75, 3.05) is 14.1 Å². The molecule has 0 saturated heterocycles. The van der Waals surface area contributed by atoms with E-state index in [0.29, 0.717) is 5.56 Å². The number of nitrogens with zero attached hydrogens (tertiary/aromatic N) is 1. The van der Waals surface area contributed by atoms with Crippen molar-refractivity contribution in [1.82, 2.24) is 4.90 Å². The maximum atomic E-state index is 13.1. The van der Waals surface area contributed by atoms with E-state index in [9.17, 15) is 8.78 Å². The quantitative estimate of drug-likeness (QED) is 0.571. The summed E-state index contributed by atoms with van der Waals surface area (Å²) in [5.41, 5.74) is 0.338. The predicted octanol–water partition coefficient (Wildman–Crippen LogP) is 2.05. The Morgan fingerprint density at radius 1 is 1.36 bits per heavy atom. The van der Waals surface area contributed by atoms with E-state index in [0.717, 1.165) is 6.07 Å². The van der Waals surface area contributed by atoms with Crippen LogP contribution in [0.2, 0.25) is 0 Å². The third kappa shape index (κ3) is 2.52. The smallest absolute Gasteiger partial charge is 0.129 e. The number of hydrogen-bond donors (Lipinski definition) is 1. The summed E-state index contributed by atoms with van der Waals surface area (Å²) in [6, 6.07) is 3.39. The molecular formula is C10H12F2N2. The van der Waals surface area contributed by atoms with E-state index < -0.39 is 11.6 Å². The summed E-state index contributed by atoms with van der Waals surface area (Å²) in [6.45, 7) is 0. The summed E-state index contributed by atoms with van der Waals surface area (Å²) in [6.07, 6.45) is 0.180. The van der Waals surface area contributed by atoms with Crippen LogP contribution in [0.1, 0.15) is 5.56 Å². The summed E-state index contributed by atoms with van der Waals surface area (Å²) < 4.78 is 25.7. The van der Waals surface area contributed by atoms with Gasteiger partial charge >= 0.3 is 0 Å². The topological polar surface area (TPSA) is 27.1 Å². The fourth-order valence-electron chi connectivity index (χ4n) is 1.00. The van der Waals surface area contributed by atoms with Crippen LogP contribution >= 0.6 is 0 Å². The van der Waals surface area contributed by atoms with Gasteiger partial charge < -0.3 is 4.90 Å². The lowest BCUT2D eigenvalue weighted by Gasteiger charge is -2.13. The van der Waals surface area contributed by atoms with Crippen molar-refractivity contribution in [3.05, 3.63) is 35.4 Å². The van der Waals surface area contributed by atoms with Gasteiger partial charge in [0.15, 0.2) is 0 Å². The number of halogens is 2. The summed E-state index contributed by atoms with van der Waals surface area (Å²) in [7, 11) is 3.42. The molecule has 0 heterocycles. The Balaban J connectivity index is 2.82. The van der Waals surface area contributed by atoms with E-state index in [1.165, 1.54) is 12.1 Å². The average molecular weight is 198 g/mol. The molecule has 0 aliphatic rings. The van der Waals surface area contributed by atoms with Crippen LogP contribution in [-0.4, -0.2) is 24.8 Å². The van der Waals surface area contributed by atoms with Gasteiger partial charge in [-0.3, -0.25) is 5.41 Å². The molecule has 0 atom stereocenters. The van der Waals surface area contributed by atoms with Crippen LogP contribution in [0.3, 0.4) is 0 Å². The van der Waals surface area contributed by atoms with E-state index in [1.807, 2.05) is 0 Å². The fraction of sp³-hybridized carbons (Fsp3) is 0.300. The molecule has 0 spiro atoms. The molecular weight excluding hydrogens is 186 g/mol. The molecule has 76 valence electrons. The summed E-state index contributed by atoms with van der Waals surface area (Å²) in [4.78, 5) is 1.59. The molecule has 4 heteroatoms. The highest BCUT2D eigenvalue weighted by atomic mass is 19.1. The first kappa shape index (κ1) is 10.6. The highest BCUT2D eigenvalue weighted by molar-refractivity contribution is 5.81. The minimum atomic E-state index is -0.600. The fourth-order valence-corrected chi connectivity index (χ4v) is 1.00. The second-order valence-corrected chi connectivity index (χ2v) is 3.25. The Morgan fingerprint density at radius 2 is 2.00 bits per heavy atom. The van der Waals surface area contributed by atoms with Crippen molar-refractivity contribution in [3.8, 4) is 0 Å². The van der Waals surface area contributed by atoms with E-state index in [-0.39, 0.29) is 12.3 Å². The lowest BCUT2D eigenvalue weighted by Crippen LogP contribution is -2.23. The molecule has 0 unspecified atom stereocenters. The summed E-state index contributed by atoms with van der Waals surface area (Å²) in [5.74, 6) is -0.908. The van der Waals surface area contributed by atoms with Crippen LogP contribution in [-0.2, 0) is 6.42 Å². The predicted molar refractivity (Wildman–Crippen MR) is 51.5 cm³/mol. The van der Waals surface area contributed by atoms with Crippen molar-refractivity contribution >= 4 is 5.84 Å². The van der Waals surface area contributed by atoms with Crippen molar-refractivity contribution in [1.29, 1.82) is 5.41 Å². The minimum Gasteiger partial charge on any atom is -0.366 e. The molecule has 1 rings (SSSR count). The van der Waals surface area contributed by atoms with Gasteiger partial charge in [0.05, 0.1) is 5.84 Å². The van der Waals surface area contributed by atoms with Crippen molar-refractivity contribution in [2.45, 2.75) is 6.42 Å². The zero-order chi connectivity index (χ0) is 10.7. The normalized spacial score (nSPS) is 10.0. The van der Waals surface area contributed by atoms with Crippen LogP contribution in [0.25, 0.3) is 0 Å². The molecule has 0 aliphatic carbocycles. The number of likely N-dealkylation sites (N-methyl/N-ethyl adjacent to an activating group) is 1. The first-order chi connectivity index (χ1) is 6.50. The Labute approximate surface area is 81.7 Å². The number of nitrogens with one attached hydrogen (secondary N) is 1. The number of amidine groups is 1. The van der Waals surface area contributed by atoms with Gasteiger partial charge in [-0.15, -0.1) is 0 Å². The average Bonchev–Trinajstić information content (AvgIpc) is 2.09. The number of benzene rings is 1. The third-order valence-electron chi connectivity index (χ3n) is 1.91. The molecule has 2 nitrogen and oxygen atoms in total. The van der Waals surface area contributed by atoms with E-state index in [4.69, 9.17) is 5.41 Å². The maximum Gasteiger partial charge on any atom is 0.129 e. The molecule has 0 bridgehead atoms. The van der Waals surface area contributed by atoms with E-state index in [2.05, 4.69) is 0 Å². The second kappa shape index (κ2) is 4.17. The molecule has 1 aromatic carbocycles. The molecule has 0 saturated carbocycles. The van der Waals surface area contributed by atoms with Crippen molar-refractivity contribution < 1.29 is 8.78 Å². The molecule has 0 amide bonds. The Hall–Kier alpha value is -1.45. The first-order valence-corrected chi connectivity index (χ1v) is 4.19.